The van der Waals surface area contributed by atoms with Gasteiger partial charge < -0.3 is 0 Å². The minimum Gasteiger partial charge on any atom is -0.148 e. The Morgan fingerprint density at radius 3 is 1.29 bits per heavy atom. The van der Waals surface area contributed by atoms with Crippen LogP contribution in [-0.4, -0.2) is 0 Å². The number of rotatable bonds is 3. The Labute approximate surface area is 113 Å². The van der Waals surface area contributed by atoms with Crippen LogP contribution in [-0.2, 0) is 5.41 Å². The molecular weight excluding hydrogens is 264 g/mol. The van der Waals surface area contributed by atoms with Gasteiger partial charge in [-0.1, -0.05) is 18.2 Å². The van der Waals surface area contributed by atoms with Crippen molar-refractivity contribution >= 4 is 34.0 Å². The second kappa shape index (κ2) is 4.41. The number of hydrogen-bond acceptors (Lipinski definition) is 3. The zero-order valence-corrected chi connectivity index (χ0v) is 11.9. The average Bonchev–Trinajstić information content (AvgIpc) is 3.10. The molecule has 0 radical (unpaired) electrons. The molecule has 0 atom stereocenters. The van der Waals surface area contributed by atoms with E-state index in [0.29, 0.717) is 0 Å². The van der Waals surface area contributed by atoms with Gasteiger partial charge in [0.15, 0.2) is 0 Å². The zero-order valence-electron chi connectivity index (χ0n) is 9.42. The maximum atomic E-state index is 2.33. The fourth-order valence-corrected chi connectivity index (χ4v) is 5.00. The van der Waals surface area contributed by atoms with Crippen LogP contribution < -0.4 is 0 Å². The van der Waals surface area contributed by atoms with E-state index in [1.165, 1.54) is 14.6 Å². The lowest BCUT2D eigenvalue weighted by Gasteiger charge is -2.26. The van der Waals surface area contributed by atoms with E-state index >= 15 is 0 Å². The van der Waals surface area contributed by atoms with Gasteiger partial charge in [0.2, 0.25) is 0 Å². The van der Waals surface area contributed by atoms with Gasteiger partial charge in [-0.25, -0.2) is 0 Å². The first-order valence-corrected chi connectivity index (χ1v) is 8.07. The Kier molecular flexibility index (Phi) is 2.90. The summed E-state index contributed by atoms with van der Waals surface area (Å²) in [6.45, 7) is 2.33. The van der Waals surface area contributed by atoms with E-state index in [0.717, 1.165) is 0 Å². The smallest absolute Gasteiger partial charge is 0.0703 e. The third-order valence-electron chi connectivity index (χ3n) is 3.04. The predicted molar refractivity (Wildman–Crippen MR) is 78.5 cm³/mol. The van der Waals surface area contributed by atoms with Crippen molar-refractivity contribution in [3.8, 4) is 0 Å². The summed E-state index contributed by atoms with van der Waals surface area (Å²) >= 11 is 5.52. The van der Waals surface area contributed by atoms with Crippen molar-refractivity contribution in [3.63, 3.8) is 0 Å². The minimum absolute atomic E-state index is 0.0243. The summed E-state index contributed by atoms with van der Waals surface area (Å²) in [5.74, 6) is 0. The van der Waals surface area contributed by atoms with Crippen molar-refractivity contribution in [1.29, 1.82) is 0 Å². The average molecular weight is 276 g/mol. The monoisotopic (exact) mass is 276 g/mol. The van der Waals surface area contributed by atoms with E-state index in [1.54, 1.807) is 0 Å². The lowest BCUT2D eigenvalue weighted by Crippen LogP contribution is -2.21. The summed E-state index contributed by atoms with van der Waals surface area (Å²) in [5, 5.41) is 6.48. The molecule has 0 saturated carbocycles. The van der Waals surface area contributed by atoms with Gasteiger partial charge in [0.25, 0.3) is 0 Å². The van der Waals surface area contributed by atoms with Crippen molar-refractivity contribution in [2.45, 2.75) is 12.3 Å². The van der Waals surface area contributed by atoms with Crippen LogP contribution in [0, 0.1) is 0 Å². The molecule has 86 valence electrons. The minimum atomic E-state index is 0.0243. The number of hydrogen-bond donors (Lipinski definition) is 0. The van der Waals surface area contributed by atoms with Gasteiger partial charge in [-0.05, 0) is 41.3 Å². The standard InChI is InChI=1S/C14H12S3/c1-14(11-5-2-8-15-11,12-6-3-9-16-12)13-7-4-10-17-13/h2-10H,1H3. The fraction of sp³-hybridized carbons (Fsp3) is 0.143. The largest absolute Gasteiger partial charge is 0.148 e. The summed E-state index contributed by atoms with van der Waals surface area (Å²) in [5.41, 5.74) is 0.0243. The Hall–Kier alpha value is -0.900. The lowest BCUT2D eigenvalue weighted by atomic mass is 9.85. The first kappa shape index (κ1) is 11.2. The van der Waals surface area contributed by atoms with Crippen molar-refractivity contribution in [1.82, 2.24) is 0 Å². The molecule has 3 aromatic heterocycles. The predicted octanol–water partition coefficient (Wildman–Crippen LogP) is 5.23. The van der Waals surface area contributed by atoms with E-state index in [9.17, 15) is 0 Å². The van der Waals surface area contributed by atoms with Gasteiger partial charge in [-0.15, -0.1) is 34.0 Å². The van der Waals surface area contributed by atoms with Crippen LogP contribution >= 0.6 is 34.0 Å². The van der Waals surface area contributed by atoms with E-state index in [4.69, 9.17) is 0 Å². The Morgan fingerprint density at radius 1 is 0.706 bits per heavy atom. The molecule has 0 spiro atoms. The SMILES string of the molecule is CC(c1cccs1)(c1cccs1)c1cccs1. The second-order valence-corrected chi connectivity index (χ2v) is 6.90. The molecule has 0 aliphatic heterocycles. The molecule has 0 N–H and O–H groups in total. The van der Waals surface area contributed by atoms with Gasteiger partial charge in [0, 0.05) is 14.6 Å². The quantitative estimate of drug-likeness (QED) is 0.615. The van der Waals surface area contributed by atoms with E-state index < -0.39 is 0 Å². The second-order valence-electron chi connectivity index (χ2n) is 4.06. The highest BCUT2D eigenvalue weighted by Crippen LogP contribution is 2.44. The molecule has 0 unspecified atom stereocenters. The molecule has 3 heteroatoms. The van der Waals surface area contributed by atoms with Crippen LogP contribution in [0.25, 0.3) is 0 Å². The summed E-state index contributed by atoms with van der Waals surface area (Å²) in [6, 6.07) is 13.1. The third kappa shape index (κ3) is 1.79. The summed E-state index contributed by atoms with van der Waals surface area (Å²) in [7, 11) is 0. The molecular formula is C14H12S3. The van der Waals surface area contributed by atoms with E-state index in [2.05, 4.69) is 59.5 Å². The molecule has 0 aromatic carbocycles. The van der Waals surface area contributed by atoms with Gasteiger partial charge >= 0.3 is 0 Å². The Morgan fingerprint density at radius 2 is 1.06 bits per heavy atom. The molecule has 0 saturated heterocycles. The van der Waals surface area contributed by atoms with Crippen LogP contribution in [0.2, 0.25) is 0 Å². The molecule has 3 heterocycles. The molecule has 0 amide bonds. The van der Waals surface area contributed by atoms with Crippen molar-refractivity contribution in [2.24, 2.45) is 0 Å². The third-order valence-corrected chi connectivity index (χ3v) is 6.32. The van der Waals surface area contributed by atoms with Gasteiger partial charge in [0.1, 0.15) is 0 Å². The molecule has 17 heavy (non-hydrogen) atoms. The zero-order chi connectivity index (χ0) is 11.7. The maximum Gasteiger partial charge on any atom is 0.0703 e. The van der Waals surface area contributed by atoms with Crippen molar-refractivity contribution in [3.05, 3.63) is 67.2 Å². The van der Waals surface area contributed by atoms with Gasteiger partial charge in [0.05, 0.1) is 5.41 Å². The van der Waals surface area contributed by atoms with Crippen molar-refractivity contribution in [2.75, 3.05) is 0 Å². The highest BCUT2D eigenvalue weighted by Gasteiger charge is 2.33. The van der Waals surface area contributed by atoms with E-state index in [1.807, 2.05) is 34.0 Å². The Balaban J connectivity index is 2.21. The normalized spacial score (nSPS) is 11.8. The molecule has 0 nitrogen and oxygen atoms in total. The molecule has 0 bridgehead atoms. The summed E-state index contributed by atoms with van der Waals surface area (Å²) in [4.78, 5) is 4.26. The van der Waals surface area contributed by atoms with Crippen LogP contribution in [0.5, 0.6) is 0 Å². The highest BCUT2D eigenvalue weighted by atomic mass is 32.1. The van der Waals surface area contributed by atoms with Crippen molar-refractivity contribution < 1.29 is 0 Å². The first-order valence-electron chi connectivity index (χ1n) is 5.44. The highest BCUT2D eigenvalue weighted by molar-refractivity contribution is 7.13. The molecule has 0 aliphatic rings. The van der Waals surface area contributed by atoms with Crippen LogP contribution in [0.15, 0.2) is 52.5 Å². The van der Waals surface area contributed by atoms with Gasteiger partial charge in [-0.2, -0.15) is 0 Å². The van der Waals surface area contributed by atoms with Crippen LogP contribution in [0.4, 0.5) is 0 Å². The van der Waals surface area contributed by atoms with Gasteiger partial charge in [-0.3, -0.25) is 0 Å². The number of thiophene rings is 3. The molecule has 0 fully saturated rings. The fourth-order valence-electron chi connectivity index (χ4n) is 2.05. The van der Waals surface area contributed by atoms with Crippen LogP contribution in [0.1, 0.15) is 21.6 Å². The molecule has 3 rings (SSSR count). The lowest BCUT2D eigenvalue weighted by molar-refractivity contribution is 0.744. The summed E-state index contributed by atoms with van der Waals surface area (Å²) < 4.78 is 0. The molecule has 3 aromatic rings. The Bertz CT molecular complexity index is 475. The van der Waals surface area contributed by atoms with E-state index in [-0.39, 0.29) is 5.41 Å². The first-order chi connectivity index (χ1) is 8.32. The topological polar surface area (TPSA) is 0 Å². The van der Waals surface area contributed by atoms with Crippen LogP contribution in [0.3, 0.4) is 0 Å². The summed E-state index contributed by atoms with van der Waals surface area (Å²) in [6.07, 6.45) is 0. The molecule has 0 aliphatic carbocycles. The maximum absolute atomic E-state index is 2.33.